The van der Waals surface area contributed by atoms with Crippen molar-refractivity contribution >= 4 is 11.7 Å². The third-order valence-corrected chi connectivity index (χ3v) is 4.66. The molecule has 0 aliphatic carbocycles. The first kappa shape index (κ1) is 23.6. The van der Waals surface area contributed by atoms with Gasteiger partial charge in [-0.05, 0) is 48.1 Å². The fraction of sp³-hybridized carbons (Fsp3) is 0.458. The van der Waals surface area contributed by atoms with Gasteiger partial charge in [0.25, 0.3) is 0 Å². The highest BCUT2D eigenvalue weighted by molar-refractivity contribution is 5.89. The summed E-state index contributed by atoms with van der Waals surface area (Å²) in [5.41, 5.74) is 0.944. The summed E-state index contributed by atoms with van der Waals surface area (Å²) in [6, 6.07) is 10.3. The Bertz CT molecular complexity index is 817. The van der Waals surface area contributed by atoms with E-state index >= 15 is 0 Å². The summed E-state index contributed by atoms with van der Waals surface area (Å²) in [5.74, 6) is -0.685. The number of benzene rings is 2. The van der Waals surface area contributed by atoms with Gasteiger partial charge >= 0.3 is 6.03 Å². The summed E-state index contributed by atoms with van der Waals surface area (Å²) < 4.78 is 32.8. The number of rotatable bonds is 9. The van der Waals surface area contributed by atoms with Crippen LogP contribution in [-0.4, -0.2) is 24.1 Å². The van der Waals surface area contributed by atoms with E-state index in [4.69, 9.17) is 4.74 Å². The molecule has 0 spiro atoms. The van der Waals surface area contributed by atoms with Crippen molar-refractivity contribution in [3.05, 3.63) is 59.7 Å². The topological polar surface area (TPSA) is 41.6 Å². The lowest BCUT2D eigenvalue weighted by molar-refractivity contribution is 0.198. The Balaban J connectivity index is 2.09. The van der Waals surface area contributed by atoms with Gasteiger partial charge < -0.3 is 15.0 Å². The Morgan fingerprint density at radius 1 is 1.10 bits per heavy atom. The van der Waals surface area contributed by atoms with Crippen LogP contribution in [0.5, 0.6) is 5.75 Å². The molecule has 0 fully saturated rings. The summed E-state index contributed by atoms with van der Waals surface area (Å²) in [6.45, 7) is 9.98. The van der Waals surface area contributed by atoms with Crippen LogP contribution in [0.3, 0.4) is 0 Å². The second-order valence-electron chi connectivity index (χ2n) is 8.63. The summed E-state index contributed by atoms with van der Waals surface area (Å²) in [4.78, 5) is 14.5. The van der Waals surface area contributed by atoms with Crippen LogP contribution in [0.2, 0.25) is 0 Å². The van der Waals surface area contributed by atoms with Gasteiger partial charge in [-0.3, -0.25) is 0 Å². The lowest BCUT2D eigenvalue weighted by Crippen LogP contribution is -2.36. The first-order valence-corrected chi connectivity index (χ1v) is 10.4. The van der Waals surface area contributed by atoms with Crippen molar-refractivity contribution in [3.8, 4) is 5.75 Å². The van der Waals surface area contributed by atoms with Crippen molar-refractivity contribution in [2.24, 2.45) is 5.41 Å². The molecule has 0 aliphatic heterocycles. The average molecular weight is 419 g/mol. The molecule has 2 rings (SSSR count). The monoisotopic (exact) mass is 418 g/mol. The molecule has 0 radical (unpaired) electrons. The number of anilines is 1. The molecule has 0 heterocycles. The van der Waals surface area contributed by atoms with E-state index in [1.54, 1.807) is 4.90 Å². The molecular formula is C24H32F2N2O2. The Hall–Kier alpha value is -2.63. The van der Waals surface area contributed by atoms with Crippen LogP contribution < -0.4 is 10.1 Å². The van der Waals surface area contributed by atoms with Gasteiger partial charge in [-0.1, -0.05) is 46.2 Å². The number of nitrogens with zero attached hydrogens (tertiary/aromatic N) is 1. The van der Waals surface area contributed by atoms with Crippen LogP contribution in [0.4, 0.5) is 19.3 Å². The molecule has 0 aromatic heterocycles. The van der Waals surface area contributed by atoms with Crippen LogP contribution >= 0.6 is 0 Å². The van der Waals surface area contributed by atoms with E-state index in [0.29, 0.717) is 19.7 Å². The first-order chi connectivity index (χ1) is 14.2. The number of halogens is 2. The smallest absolute Gasteiger partial charge is 0.322 e. The SMILES string of the molecule is CCCCOc1ccc(CN(CCC(C)(C)C)C(=O)Nc2ccc(F)cc2F)cc1. The molecule has 0 saturated heterocycles. The van der Waals surface area contributed by atoms with Gasteiger partial charge in [0.1, 0.15) is 17.4 Å². The molecule has 30 heavy (non-hydrogen) atoms. The number of nitrogens with one attached hydrogen (secondary N) is 1. The Morgan fingerprint density at radius 3 is 2.40 bits per heavy atom. The highest BCUT2D eigenvalue weighted by Gasteiger charge is 2.19. The predicted molar refractivity (Wildman–Crippen MR) is 117 cm³/mol. The van der Waals surface area contributed by atoms with E-state index in [1.165, 1.54) is 6.07 Å². The van der Waals surface area contributed by atoms with Gasteiger partial charge in [0.2, 0.25) is 0 Å². The second-order valence-corrected chi connectivity index (χ2v) is 8.63. The number of hydrogen-bond donors (Lipinski definition) is 1. The number of amides is 2. The maximum absolute atomic E-state index is 14.0. The zero-order valence-corrected chi connectivity index (χ0v) is 18.3. The Labute approximate surface area is 178 Å². The molecule has 0 aliphatic rings. The Kier molecular flexibility index (Phi) is 8.63. The molecule has 2 aromatic carbocycles. The zero-order chi connectivity index (χ0) is 22.1. The minimum absolute atomic E-state index is 0.0383. The van der Waals surface area contributed by atoms with Crippen molar-refractivity contribution in [3.63, 3.8) is 0 Å². The van der Waals surface area contributed by atoms with Gasteiger partial charge in [0.05, 0.1) is 12.3 Å². The maximum atomic E-state index is 14.0. The van der Waals surface area contributed by atoms with Gasteiger partial charge in [0, 0.05) is 19.2 Å². The van der Waals surface area contributed by atoms with E-state index in [9.17, 15) is 13.6 Å². The summed E-state index contributed by atoms with van der Waals surface area (Å²) in [5, 5.41) is 2.56. The highest BCUT2D eigenvalue weighted by Crippen LogP contribution is 2.22. The molecule has 4 nitrogen and oxygen atoms in total. The van der Waals surface area contributed by atoms with Gasteiger partial charge in [0.15, 0.2) is 0 Å². The fourth-order valence-corrected chi connectivity index (χ4v) is 2.75. The second kappa shape index (κ2) is 11.0. The lowest BCUT2D eigenvalue weighted by atomic mass is 9.92. The van der Waals surface area contributed by atoms with Crippen molar-refractivity contribution in [1.29, 1.82) is 0 Å². The largest absolute Gasteiger partial charge is 0.494 e. The normalized spacial score (nSPS) is 11.3. The molecule has 164 valence electrons. The van der Waals surface area contributed by atoms with E-state index < -0.39 is 17.7 Å². The first-order valence-electron chi connectivity index (χ1n) is 10.4. The van der Waals surface area contributed by atoms with E-state index in [2.05, 4.69) is 33.0 Å². The number of carbonyl (C=O) groups excluding carboxylic acids is 1. The number of urea groups is 1. The van der Waals surface area contributed by atoms with Crippen molar-refractivity contribution in [2.75, 3.05) is 18.5 Å². The third-order valence-electron chi connectivity index (χ3n) is 4.66. The fourth-order valence-electron chi connectivity index (χ4n) is 2.75. The average Bonchev–Trinajstić information content (AvgIpc) is 2.68. The summed E-state index contributed by atoms with van der Waals surface area (Å²) in [7, 11) is 0. The van der Waals surface area contributed by atoms with E-state index in [0.717, 1.165) is 42.7 Å². The number of hydrogen-bond acceptors (Lipinski definition) is 2. The third kappa shape index (κ3) is 8.01. The van der Waals surface area contributed by atoms with Gasteiger partial charge in [-0.25, -0.2) is 13.6 Å². The zero-order valence-electron chi connectivity index (χ0n) is 18.3. The molecule has 0 unspecified atom stereocenters. The standard InChI is InChI=1S/C24H32F2N2O2/c1-5-6-15-30-20-10-7-18(8-11-20)17-28(14-13-24(2,3)4)23(29)27-22-12-9-19(25)16-21(22)26/h7-12,16H,5-6,13-15,17H2,1-4H3,(H,27,29). The molecule has 1 N–H and O–H groups in total. The maximum Gasteiger partial charge on any atom is 0.322 e. The van der Waals surface area contributed by atoms with Crippen LogP contribution in [0.1, 0.15) is 52.5 Å². The van der Waals surface area contributed by atoms with Crippen LogP contribution in [-0.2, 0) is 6.54 Å². The number of carbonyl (C=O) groups is 1. The van der Waals surface area contributed by atoms with Crippen molar-refractivity contribution in [2.45, 2.75) is 53.5 Å². The minimum Gasteiger partial charge on any atom is -0.494 e. The summed E-state index contributed by atoms with van der Waals surface area (Å²) in [6.07, 6.45) is 2.86. The molecule has 0 saturated carbocycles. The summed E-state index contributed by atoms with van der Waals surface area (Å²) >= 11 is 0. The molecule has 2 amide bonds. The van der Waals surface area contributed by atoms with Crippen LogP contribution in [0.15, 0.2) is 42.5 Å². The molecule has 2 aromatic rings. The van der Waals surface area contributed by atoms with E-state index in [1.807, 2.05) is 24.3 Å². The highest BCUT2D eigenvalue weighted by atomic mass is 19.1. The van der Waals surface area contributed by atoms with Crippen LogP contribution in [0.25, 0.3) is 0 Å². The van der Waals surface area contributed by atoms with Gasteiger partial charge in [-0.15, -0.1) is 0 Å². The number of unbranched alkanes of at least 4 members (excludes halogenated alkanes) is 1. The van der Waals surface area contributed by atoms with Crippen molar-refractivity contribution in [1.82, 2.24) is 4.90 Å². The molecular weight excluding hydrogens is 386 g/mol. The minimum atomic E-state index is -0.798. The van der Waals surface area contributed by atoms with E-state index in [-0.39, 0.29) is 11.1 Å². The quantitative estimate of drug-likeness (QED) is 0.465. The molecule has 6 heteroatoms. The van der Waals surface area contributed by atoms with Gasteiger partial charge in [-0.2, -0.15) is 0 Å². The van der Waals surface area contributed by atoms with Crippen LogP contribution in [0, 0.1) is 17.0 Å². The van der Waals surface area contributed by atoms with Crippen molar-refractivity contribution < 1.29 is 18.3 Å². The molecule has 0 atom stereocenters. The lowest BCUT2D eigenvalue weighted by Gasteiger charge is -2.27. The predicted octanol–water partition coefficient (Wildman–Crippen LogP) is 6.61. The molecule has 0 bridgehead atoms. The Morgan fingerprint density at radius 2 is 1.80 bits per heavy atom. The number of ether oxygens (including phenoxy) is 1.